The minimum Gasteiger partial charge on any atom is -0.487 e. The second kappa shape index (κ2) is 6.09. The minimum atomic E-state index is 0.0542. The molecule has 5 nitrogen and oxygen atoms in total. The first-order chi connectivity index (χ1) is 9.52. The minimum absolute atomic E-state index is 0.0542. The average molecular weight is 337 g/mol. The zero-order valence-corrected chi connectivity index (χ0v) is 13.1. The van der Waals surface area contributed by atoms with Gasteiger partial charge in [0, 0.05) is 12.6 Å². The molecule has 2 rings (SSSR count). The Morgan fingerprint density at radius 1 is 1.40 bits per heavy atom. The van der Waals surface area contributed by atoms with E-state index in [1.807, 2.05) is 23.9 Å². The maximum absolute atomic E-state index is 7.34. The quantitative estimate of drug-likeness (QED) is 0.650. The summed E-state index contributed by atoms with van der Waals surface area (Å²) in [5.74, 6) is 0.791. The van der Waals surface area contributed by atoms with Gasteiger partial charge in [-0.25, -0.2) is 0 Å². The molecule has 1 heterocycles. The molecule has 0 saturated heterocycles. The molecule has 0 aliphatic rings. The van der Waals surface area contributed by atoms with E-state index in [-0.39, 0.29) is 5.84 Å². The van der Waals surface area contributed by atoms with Crippen LogP contribution in [0.3, 0.4) is 0 Å². The van der Waals surface area contributed by atoms with Crippen molar-refractivity contribution >= 4 is 21.8 Å². The standard InChI is InChI=1S/C14H17BrN4O/c1-3-11-13(15)12(19(2)18-11)8-20-10-6-4-9(5-7-10)14(16)17/h4-7H,3,8H2,1-2H3,(H3,16,17). The smallest absolute Gasteiger partial charge is 0.131 e. The summed E-state index contributed by atoms with van der Waals surface area (Å²) in [7, 11) is 1.90. The maximum atomic E-state index is 7.34. The number of rotatable bonds is 5. The van der Waals surface area contributed by atoms with E-state index in [0.29, 0.717) is 12.2 Å². The summed E-state index contributed by atoms with van der Waals surface area (Å²) in [5, 5.41) is 11.8. The summed E-state index contributed by atoms with van der Waals surface area (Å²) in [5.41, 5.74) is 8.12. The lowest BCUT2D eigenvalue weighted by molar-refractivity contribution is 0.294. The van der Waals surface area contributed by atoms with Crippen LogP contribution < -0.4 is 10.5 Å². The molecule has 106 valence electrons. The van der Waals surface area contributed by atoms with Crippen molar-refractivity contribution in [3.05, 3.63) is 45.7 Å². The molecule has 0 radical (unpaired) electrons. The van der Waals surface area contributed by atoms with Crippen LogP contribution in [0.25, 0.3) is 0 Å². The summed E-state index contributed by atoms with van der Waals surface area (Å²) in [6.45, 7) is 2.50. The summed E-state index contributed by atoms with van der Waals surface area (Å²) in [6, 6.07) is 7.16. The van der Waals surface area contributed by atoms with Crippen molar-refractivity contribution in [2.75, 3.05) is 0 Å². The summed E-state index contributed by atoms with van der Waals surface area (Å²) < 4.78 is 8.57. The number of nitrogens with zero attached hydrogens (tertiary/aromatic N) is 2. The van der Waals surface area contributed by atoms with Crippen LogP contribution in [0, 0.1) is 5.41 Å². The number of halogens is 1. The lowest BCUT2D eigenvalue weighted by atomic mass is 10.2. The van der Waals surface area contributed by atoms with Crippen LogP contribution in [0.5, 0.6) is 5.75 Å². The first-order valence-corrected chi connectivity index (χ1v) is 7.09. The number of nitrogens with two attached hydrogens (primary N) is 1. The Morgan fingerprint density at radius 3 is 2.55 bits per heavy atom. The molecule has 0 aliphatic heterocycles. The van der Waals surface area contributed by atoms with Crippen molar-refractivity contribution in [2.24, 2.45) is 12.8 Å². The highest BCUT2D eigenvalue weighted by atomic mass is 79.9. The van der Waals surface area contributed by atoms with Gasteiger partial charge in [-0.15, -0.1) is 0 Å². The Morgan fingerprint density at radius 2 is 2.05 bits per heavy atom. The number of aryl methyl sites for hydroxylation is 2. The monoisotopic (exact) mass is 336 g/mol. The Kier molecular flexibility index (Phi) is 4.44. The summed E-state index contributed by atoms with van der Waals surface area (Å²) in [6.07, 6.45) is 0.877. The van der Waals surface area contributed by atoms with E-state index in [1.54, 1.807) is 12.1 Å². The van der Waals surface area contributed by atoms with Crippen LogP contribution in [0.4, 0.5) is 0 Å². The normalized spacial score (nSPS) is 10.6. The lowest BCUT2D eigenvalue weighted by Gasteiger charge is -2.07. The number of nitrogens with one attached hydrogen (secondary N) is 1. The van der Waals surface area contributed by atoms with E-state index in [4.69, 9.17) is 15.9 Å². The Hall–Kier alpha value is -1.82. The van der Waals surface area contributed by atoms with Crippen LogP contribution in [-0.2, 0) is 20.1 Å². The van der Waals surface area contributed by atoms with Crippen molar-refractivity contribution in [2.45, 2.75) is 20.0 Å². The van der Waals surface area contributed by atoms with Gasteiger partial charge in [0.25, 0.3) is 0 Å². The lowest BCUT2D eigenvalue weighted by Crippen LogP contribution is -2.10. The molecule has 0 amide bonds. The second-order valence-corrected chi connectivity index (χ2v) is 5.20. The summed E-state index contributed by atoms with van der Waals surface area (Å²) >= 11 is 3.56. The van der Waals surface area contributed by atoms with Crippen molar-refractivity contribution in [1.29, 1.82) is 5.41 Å². The highest BCUT2D eigenvalue weighted by molar-refractivity contribution is 9.10. The van der Waals surface area contributed by atoms with Gasteiger partial charge in [0.2, 0.25) is 0 Å². The van der Waals surface area contributed by atoms with Crippen molar-refractivity contribution in [3.63, 3.8) is 0 Å². The van der Waals surface area contributed by atoms with Gasteiger partial charge >= 0.3 is 0 Å². The first kappa shape index (κ1) is 14.6. The van der Waals surface area contributed by atoms with E-state index in [1.165, 1.54) is 0 Å². The molecule has 0 aliphatic carbocycles. The third-order valence-corrected chi connectivity index (χ3v) is 3.96. The Balaban J connectivity index is 2.09. The van der Waals surface area contributed by atoms with Gasteiger partial charge in [-0.1, -0.05) is 6.92 Å². The third-order valence-electron chi connectivity index (χ3n) is 3.04. The van der Waals surface area contributed by atoms with Gasteiger partial charge in [0.05, 0.1) is 15.9 Å². The number of amidine groups is 1. The molecule has 0 saturated carbocycles. The molecule has 1 aromatic heterocycles. The van der Waals surface area contributed by atoms with Crippen LogP contribution in [-0.4, -0.2) is 15.6 Å². The van der Waals surface area contributed by atoms with Crippen LogP contribution >= 0.6 is 15.9 Å². The number of nitrogen functional groups attached to an aromatic ring is 1. The largest absolute Gasteiger partial charge is 0.487 e. The molecule has 0 spiro atoms. The molecular formula is C14H17BrN4O. The van der Waals surface area contributed by atoms with Gasteiger partial charge in [0.1, 0.15) is 18.2 Å². The van der Waals surface area contributed by atoms with E-state index < -0.39 is 0 Å². The third kappa shape index (κ3) is 3.01. The molecule has 0 unspecified atom stereocenters. The maximum Gasteiger partial charge on any atom is 0.131 e. The molecule has 3 N–H and O–H groups in total. The number of hydrogen-bond donors (Lipinski definition) is 2. The number of aromatic nitrogens is 2. The first-order valence-electron chi connectivity index (χ1n) is 6.30. The number of benzene rings is 1. The Bertz CT molecular complexity index is 619. The molecule has 0 atom stereocenters. The molecule has 20 heavy (non-hydrogen) atoms. The second-order valence-electron chi connectivity index (χ2n) is 4.41. The fraction of sp³-hybridized carbons (Fsp3) is 0.286. The molecule has 1 aromatic carbocycles. The van der Waals surface area contributed by atoms with Crippen LogP contribution in [0.15, 0.2) is 28.7 Å². The fourth-order valence-corrected chi connectivity index (χ4v) is 2.59. The highest BCUT2D eigenvalue weighted by Gasteiger charge is 2.12. The van der Waals surface area contributed by atoms with Crippen LogP contribution in [0.1, 0.15) is 23.9 Å². The van der Waals surface area contributed by atoms with Crippen LogP contribution in [0.2, 0.25) is 0 Å². The zero-order valence-electron chi connectivity index (χ0n) is 11.5. The van der Waals surface area contributed by atoms with Gasteiger partial charge in [-0.2, -0.15) is 5.10 Å². The fourth-order valence-electron chi connectivity index (χ4n) is 1.86. The predicted octanol–water partition coefficient (Wildman–Crippen LogP) is 2.61. The molecule has 0 fully saturated rings. The number of ether oxygens (including phenoxy) is 1. The average Bonchev–Trinajstić information content (AvgIpc) is 2.71. The molecule has 6 heteroatoms. The molecular weight excluding hydrogens is 320 g/mol. The summed E-state index contributed by atoms with van der Waals surface area (Å²) in [4.78, 5) is 0. The highest BCUT2D eigenvalue weighted by Crippen LogP contribution is 2.23. The van der Waals surface area contributed by atoms with E-state index in [9.17, 15) is 0 Å². The van der Waals surface area contributed by atoms with E-state index >= 15 is 0 Å². The van der Waals surface area contributed by atoms with Gasteiger partial charge in [-0.05, 0) is 46.6 Å². The van der Waals surface area contributed by atoms with Crippen molar-refractivity contribution in [1.82, 2.24) is 9.78 Å². The number of hydrogen-bond acceptors (Lipinski definition) is 3. The van der Waals surface area contributed by atoms with Gasteiger partial charge in [-0.3, -0.25) is 10.1 Å². The SMILES string of the molecule is CCc1nn(C)c(COc2ccc(C(=N)N)cc2)c1Br. The predicted molar refractivity (Wildman–Crippen MR) is 82.1 cm³/mol. The molecule has 2 aromatic rings. The zero-order chi connectivity index (χ0) is 14.7. The molecule has 0 bridgehead atoms. The van der Waals surface area contributed by atoms with Gasteiger partial charge < -0.3 is 10.5 Å². The van der Waals surface area contributed by atoms with Crippen molar-refractivity contribution in [3.8, 4) is 5.75 Å². The Labute approximate surface area is 126 Å². The van der Waals surface area contributed by atoms with E-state index in [2.05, 4.69) is 28.0 Å². The van der Waals surface area contributed by atoms with E-state index in [0.717, 1.165) is 28.0 Å². The van der Waals surface area contributed by atoms with Gasteiger partial charge in [0.15, 0.2) is 0 Å². The van der Waals surface area contributed by atoms with Crippen molar-refractivity contribution < 1.29 is 4.74 Å². The topological polar surface area (TPSA) is 76.9 Å².